The Morgan fingerprint density at radius 1 is 1.14 bits per heavy atom. The van der Waals surface area contributed by atoms with E-state index in [9.17, 15) is 4.79 Å². The molecule has 188 valence electrons. The summed E-state index contributed by atoms with van der Waals surface area (Å²) in [5.41, 5.74) is 5.25. The van der Waals surface area contributed by atoms with E-state index in [-0.39, 0.29) is 5.91 Å². The van der Waals surface area contributed by atoms with Gasteiger partial charge in [0.05, 0.1) is 0 Å². The van der Waals surface area contributed by atoms with Gasteiger partial charge in [0.1, 0.15) is 11.5 Å². The van der Waals surface area contributed by atoms with Crippen LogP contribution in [-0.4, -0.2) is 57.9 Å². The molecule has 0 unspecified atom stereocenters. The molecule has 1 aliphatic carbocycles. The van der Waals surface area contributed by atoms with E-state index in [4.69, 9.17) is 11.6 Å². The van der Waals surface area contributed by atoms with Crippen LogP contribution in [0.1, 0.15) is 65.6 Å². The van der Waals surface area contributed by atoms with E-state index >= 15 is 0 Å². The predicted octanol–water partition coefficient (Wildman–Crippen LogP) is 4.94. The molecular formula is C27H37ClN6O. The number of anilines is 1. The number of hydrogen-bond acceptors (Lipinski definition) is 5. The highest BCUT2D eigenvalue weighted by Gasteiger charge is 2.28. The number of carbonyl (C=O) groups excluding carboxylic acids is 1. The Balaban J connectivity index is 1.56. The maximum atomic E-state index is 13.4. The lowest BCUT2D eigenvalue weighted by atomic mass is 9.89. The van der Waals surface area contributed by atoms with Gasteiger partial charge in [-0.15, -0.1) is 0 Å². The van der Waals surface area contributed by atoms with Crippen LogP contribution in [0.15, 0.2) is 24.5 Å². The number of nitrogens with one attached hydrogen (secondary N) is 1. The molecule has 2 aromatic heterocycles. The van der Waals surface area contributed by atoms with Crippen LogP contribution in [0.25, 0.3) is 5.65 Å². The number of halogens is 1. The first-order valence-corrected chi connectivity index (χ1v) is 12.9. The number of aromatic nitrogens is 3. The molecular weight excluding hydrogens is 460 g/mol. The SMILES string of the molecule is CCN(c1cc(Cl)cc(C(=O)NCc2c(C)nc(C)n3ccnc23)c1C)C1CCC(N(C)C)CC1. The number of nitrogens with zero attached hydrogens (tertiary/aromatic N) is 5. The highest BCUT2D eigenvalue weighted by atomic mass is 35.5. The van der Waals surface area contributed by atoms with Gasteiger partial charge >= 0.3 is 0 Å². The van der Waals surface area contributed by atoms with Crippen molar-refractivity contribution in [2.24, 2.45) is 0 Å². The largest absolute Gasteiger partial charge is 0.369 e. The molecule has 0 aliphatic heterocycles. The first-order chi connectivity index (χ1) is 16.7. The monoisotopic (exact) mass is 496 g/mol. The van der Waals surface area contributed by atoms with E-state index < -0.39 is 0 Å². The minimum Gasteiger partial charge on any atom is -0.369 e. The number of aryl methyl sites for hydroxylation is 2. The van der Waals surface area contributed by atoms with Crippen molar-refractivity contribution in [3.63, 3.8) is 0 Å². The fraction of sp³-hybridized carbons (Fsp3) is 0.519. The molecule has 1 aliphatic rings. The number of rotatable bonds is 7. The molecule has 4 rings (SSSR count). The highest BCUT2D eigenvalue weighted by Crippen LogP contribution is 2.34. The number of fused-ring (bicyclic) bond motifs is 1. The van der Waals surface area contributed by atoms with Crippen molar-refractivity contribution in [3.8, 4) is 0 Å². The summed E-state index contributed by atoms with van der Waals surface area (Å²) in [5, 5.41) is 3.68. The Kier molecular flexibility index (Phi) is 7.67. The zero-order chi connectivity index (χ0) is 25.3. The molecule has 7 nitrogen and oxygen atoms in total. The van der Waals surface area contributed by atoms with Crippen molar-refractivity contribution in [2.45, 2.75) is 72.0 Å². The lowest BCUT2D eigenvalue weighted by Gasteiger charge is -2.40. The van der Waals surface area contributed by atoms with Gasteiger partial charge < -0.3 is 15.1 Å². The molecule has 35 heavy (non-hydrogen) atoms. The standard InChI is InChI=1S/C27H37ClN6O/c1-7-33(22-10-8-21(9-11-22)32(5)6)25-15-20(28)14-23(17(25)2)27(35)30-16-24-18(3)31-19(4)34-13-12-29-26(24)34/h12-15,21-22H,7-11,16H2,1-6H3,(H,30,35). The van der Waals surface area contributed by atoms with Crippen molar-refractivity contribution in [1.82, 2.24) is 24.6 Å². The summed E-state index contributed by atoms with van der Waals surface area (Å²) in [7, 11) is 4.33. The van der Waals surface area contributed by atoms with E-state index in [1.807, 2.05) is 37.4 Å². The van der Waals surface area contributed by atoms with Gasteiger partial charge in [-0.25, -0.2) is 9.97 Å². The third-order valence-corrected chi connectivity index (χ3v) is 7.75. The molecule has 1 aromatic carbocycles. The lowest BCUT2D eigenvalue weighted by molar-refractivity contribution is 0.0950. The molecule has 1 N–H and O–H groups in total. The summed E-state index contributed by atoms with van der Waals surface area (Å²) in [4.78, 5) is 27.2. The summed E-state index contributed by atoms with van der Waals surface area (Å²) < 4.78 is 1.95. The zero-order valence-electron chi connectivity index (χ0n) is 21.7. The van der Waals surface area contributed by atoms with Crippen LogP contribution in [0.5, 0.6) is 0 Å². The molecule has 2 heterocycles. The second-order valence-corrected chi connectivity index (χ2v) is 10.3. The van der Waals surface area contributed by atoms with E-state index in [1.54, 1.807) is 12.3 Å². The van der Waals surface area contributed by atoms with Crippen LogP contribution in [0, 0.1) is 20.8 Å². The van der Waals surface area contributed by atoms with Gasteiger partial charge in [-0.2, -0.15) is 0 Å². The molecule has 0 atom stereocenters. The third-order valence-electron chi connectivity index (χ3n) is 7.53. The number of carbonyl (C=O) groups is 1. The van der Waals surface area contributed by atoms with Gasteiger partial charge in [0.15, 0.2) is 0 Å². The van der Waals surface area contributed by atoms with E-state index in [0.717, 1.165) is 53.4 Å². The molecule has 0 radical (unpaired) electrons. The Morgan fingerprint density at radius 2 is 1.83 bits per heavy atom. The summed E-state index contributed by atoms with van der Waals surface area (Å²) in [5.74, 6) is 0.739. The molecule has 1 amide bonds. The van der Waals surface area contributed by atoms with Gasteiger partial charge in [0.2, 0.25) is 0 Å². The van der Waals surface area contributed by atoms with Crippen LogP contribution in [-0.2, 0) is 6.54 Å². The van der Waals surface area contributed by atoms with Crippen molar-refractivity contribution < 1.29 is 4.79 Å². The van der Waals surface area contributed by atoms with Crippen LogP contribution in [0.2, 0.25) is 5.02 Å². The molecule has 1 fully saturated rings. The Labute approximate surface area is 213 Å². The maximum absolute atomic E-state index is 13.4. The molecule has 0 spiro atoms. The molecule has 1 saturated carbocycles. The summed E-state index contributed by atoms with van der Waals surface area (Å²) in [6.45, 7) is 9.35. The second-order valence-electron chi connectivity index (χ2n) is 9.84. The van der Waals surface area contributed by atoms with Gasteiger partial charge in [0, 0.05) is 65.1 Å². The summed E-state index contributed by atoms with van der Waals surface area (Å²) in [6.07, 6.45) is 8.31. The Bertz CT molecular complexity index is 1210. The van der Waals surface area contributed by atoms with E-state index in [0.29, 0.717) is 29.2 Å². The predicted molar refractivity (Wildman–Crippen MR) is 143 cm³/mol. The topological polar surface area (TPSA) is 65.8 Å². The number of hydrogen-bond donors (Lipinski definition) is 1. The van der Waals surface area contributed by atoms with Gasteiger partial charge in [0.25, 0.3) is 5.91 Å². The number of imidazole rings is 1. The smallest absolute Gasteiger partial charge is 0.251 e. The number of benzene rings is 1. The van der Waals surface area contributed by atoms with E-state index in [1.165, 1.54) is 12.8 Å². The van der Waals surface area contributed by atoms with Crippen LogP contribution in [0.4, 0.5) is 5.69 Å². The highest BCUT2D eigenvalue weighted by molar-refractivity contribution is 6.31. The maximum Gasteiger partial charge on any atom is 0.251 e. The Hall–Kier alpha value is -2.64. The average Bonchev–Trinajstić information content (AvgIpc) is 3.32. The first-order valence-electron chi connectivity index (χ1n) is 12.5. The lowest BCUT2D eigenvalue weighted by Crippen LogP contribution is -2.42. The summed E-state index contributed by atoms with van der Waals surface area (Å²) in [6, 6.07) is 4.89. The minimum atomic E-state index is -0.136. The molecule has 8 heteroatoms. The molecule has 0 bridgehead atoms. The van der Waals surface area contributed by atoms with Crippen LogP contribution < -0.4 is 10.2 Å². The van der Waals surface area contributed by atoms with Crippen molar-refractivity contribution in [2.75, 3.05) is 25.5 Å². The third kappa shape index (κ3) is 5.16. The van der Waals surface area contributed by atoms with Crippen molar-refractivity contribution in [3.05, 3.63) is 57.8 Å². The fourth-order valence-electron chi connectivity index (χ4n) is 5.49. The fourth-order valence-corrected chi connectivity index (χ4v) is 5.71. The van der Waals surface area contributed by atoms with Gasteiger partial charge in [-0.1, -0.05) is 11.6 Å². The normalized spacial score (nSPS) is 18.3. The molecule has 3 aromatic rings. The molecule has 0 saturated heterocycles. The van der Waals surface area contributed by atoms with Gasteiger partial charge in [-0.3, -0.25) is 9.20 Å². The average molecular weight is 497 g/mol. The van der Waals surface area contributed by atoms with Crippen molar-refractivity contribution in [1.29, 1.82) is 0 Å². The van der Waals surface area contributed by atoms with E-state index in [2.05, 4.69) is 46.1 Å². The second kappa shape index (κ2) is 10.5. The van der Waals surface area contributed by atoms with Crippen LogP contribution >= 0.6 is 11.6 Å². The minimum absolute atomic E-state index is 0.136. The van der Waals surface area contributed by atoms with Gasteiger partial charge in [-0.05, 0) is 85.2 Å². The van der Waals surface area contributed by atoms with Crippen LogP contribution in [0.3, 0.4) is 0 Å². The Morgan fingerprint density at radius 3 is 2.49 bits per heavy atom. The summed E-state index contributed by atoms with van der Waals surface area (Å²) >= 11 is 6.56. The quantitative estimate of drug-likeness (QED) is 0.502. The first kappa shape index (κ1) is 25.5. The van der Waals surface area contributed by atoms with Crippen molar-refractivity contribution >= 4 is 28.8 Å². The zero-order valence-corrected chi connectivity index (χ0v) is 22.5. The number of amides is 1.